The van der Waals surface area contributed by atoms with Crippen LogP contribution in [-0.2, 0) is 11.2 Å². The van der Waals surface area contributed by atoms with Gasteiger partial charge in [0.15, 0.2) is 11.3 Å². The van der Waals surface area contributed by atoms with Crippen LogP contribution in [-0.4, -0.2) is 39.0 Å². The fourth-order valence-electron chi connectivity index (χ4n) is 4.65. The lowest BCUT2D eigenvalue weighted by Gasteiger charge is -2.42. The molecular formula is C20H25BrN2O3. The largest absolute Gasteiger partial charge is 0.438 e. The average Bonchev–Trinajstić information content (AvgIpc) is 2.98. The van der Waals surface area contributed by atoms with E-state index in [1.54, 1.807) is 6.92 Å². The number of carbonyl (C=O) groups excluding carboxylic acids is 1. The Morgan fingerprint density at radius 2 is 2.04 bits per heavy atom. The van der Waals surface area contributed by atoms with Crippen LogP contribution in [0.5, 0.6) is 0 Å². The van der Waals surface area contributed by atoms with Crippen LogP contribution in [0.3, 0.4) is 0 Å². The number of aryl methyl sites for hydroxylation is 1. The first-order valence-electron chi connectivity index (χ1n) is 9.34. The zero-order chi connectivity index (χ0) is 18.5. The maximum atomic E-state index is 12.6. The minimum Gasteiger partial charge on any atom is -0.438 e. The number of aliphatic hydroxyl groups is 1. The number of benzene rings is 1. The lowest BCUT2D eigenvalue weighted by Crippen LogP contribution is -2.57. The molecule has 2 fully saturated rings. The van der Waals surface area contributed by atoms with E-state index in [9.17, 15) is 9.90 Å². The zero-order valence-corrected chi connectivity index (χ0v) is 16.9. The molecule has 2 N–H and O–H groups in total. The van der Waals surface area contributed by atoms with Crippen molar-refractivity contribution in [1.29, 1.82) is 0 Å². The van der Waals surface area contributed by atoms with Gasteiger partial charge in [-0.05, 0) is 69.7 Å². The van der Waals surface area contributed by atoms with Crippen LogP contribution < -0.4 is 0 Å². The molecule has 2 heterocycles. The Balaban J connectivity index is 1.59. The van der Waals surface area contributed by atoms with E-state index in [0.717, 1.165) is 53.2 Å². The van der Waals surface area contributed by atoms with Crippen molar-refractivity contribution < 1.29 is 14.6 Å². The monoisotopic (exact) mass is 420 g/mol. The van der Waals surface area contributed by atoms with Crippen LogP contribution >= 0.6 is 15.9 Å². The predicted octanol–water partition coefficient (Wildman–Crippen LogP) is 4.64. The Morgan fingerprint density at radius 1 is 1.31 bits per heavy atom. The molecule has 1 aromatic carbocycles. The predicted molar refractivity (Wildman–Crippen MR) is 104 cm³/mol. The molecule has 4 rings (SSSR count). The number of aromatic amines is 1. The molecule has 2 aliphatic rings. The number of aromatic nitrogens is 1. The number of carbonyl (C=O) groups is 1. The standard InChI is InChI=1S/C20H25BrN2O3/c1-13-15(16-12-14(21)6-7-17(16)22-13)8-11-23-18(24)26-20(19(23,2)25)9-4-3-5-10-20/h6-7,12,22,25H,3-5,8-11H2,1-2H3/t19-/m1/s1. The lowest BCUT2D eigenvalue weighted by atomic mass is 9.77. The Labute approximate surface area is 161 Å². The van der Waals surface area contributed by atoms with Crippen molar-refractivity contribution in [2.75, 3.05) is 6.54 Å². The van der Waals surface area contributed by atoms with E-state index in [1.807, 2.05) is 19.1 Å². The molecule has 26 heavy (non-hydrogen) atoms. The van der Waals surface area contributed by atoms with Gasteiger partial charge in [-0.1, -0.05) is 22.4 Å². The molecule has 0 bridgehead atoms. The fraction of sp³-hybridized carbons (Fsp3) is 0.550. The van der Waals surface area contributed by atoms with Gasteiger partial charge in [0.25, 0.3) is 0 Å². The molecule has 0 unspecified atom stereocenters. The van der Waals surface area contributed by atoms with E-state index in [2.05, 4.69) is 27.0 Å². The van der Waals surface area contributed by atoms with Gasteiger partial charge in [0.2, 0.25) is 0 Å². The molecule has 6 heteroatoms. The van der Waals surface area contributed by atoms with Gasteiger partial charge in [-0.3, -0.25) is 4.90 Å². The van der Waals surface area contributed by atoms with E-state index < -0.39 is 17.4 Å². The van der Waals surface area contributed by atoms with Crippen molar-refractivity contribution in [3.63, 3.8) is 0 Å². The number of rotatable bonds is 3. The number of fused-ring (bicyclic) bond motifs is 1. The summed E-state index contributed by atoms with van der Waals surface area (Å²) in [6, 6.07) is 6.15. The Morgan fingerprint density at radius 3 is 2.77 bits per heavy atom. The zero-order valence-electron chi connectivity index (χ0n) is 15.3. The molecule has 1 saturated heterocycles. The summed E-state index contributed by atoms with van der Waals surface area (Å²) in [7, 11) is 0. The maximum Gasteiger partial charge on any atom is 0.412 e. The van der Waals surface area contributed by atoms with Crippen LogP contribution in [0.4, 0.5) is 4.79 Å². The molecule has 0 radical (unpaired) electrons. The SMILES string of the molecule is Cc1[nH]c2ccc(Br)cc2c1CCN1C(=O)OC2(CCCCC2)[C@@]1(C)O. The second-order valence-corrected chi connectivity index (χ2v) is 8.68. The van der Waals surface area contributed by atoms with E-state index in [1.165, 1.54) is 10.5 Å². The molecule has 1 saturated carbocycles. The highest BCUT2D eigenvalue weighted by Crippen LogP contribution is 2.47. The Kier molecular flexibility index (Phi) is 4.31. The number of ether oxygens (including phenoxy) is 1. The summed E-state index contributed by atoms with van der Waals surface area (Å²) in [6.07, 6.45) is 4.88. The van der Waals surface area contributed by atoms with Gasteiger partial charge in [0.1, 0.15) is 0 Å². The van der Waals surface area contributed by atoms with Crippen molar-refractivity contribution in [3.8, 4) is 0 Å². The maximum absolute atomic E-state index is 12.6. The molecule has 1 aliphatic heterocycles. The van der Waals surface area contributed by atoms with Crippen molar-refractivity contribution in [3.05, 3.63) is 33.9 Å². The molecule has 1 aliphatic carbocycles. The topological polar surface area (TPSA) is 65.6 Å². The summed E-state index contributed by atoms with van der Waals surface area (Å²) in [6.45, 7) is 4.22. The second-order valence-electron chi connectivity index (χ2n) is 7.76. The fourth-order valence-corrected chi connectivity index (χ4v) is 5.01. The quantitative estimate of drug-likeness (QED) is 0.759. The van der Waals surface area contributed by atoms with Gasteiger partial charge >= 0.3 is 6.09 Å². The summed E-state index contributed by atoms with van der Waals surface area (Å²) < 4.78 is 6.77. The summed E-state index contributed by atoms with van der Waals surface area (Å²) in [4.78, 5) is 17.5. The third kappa shape index (κ3) is 2.65. The summed E-state index contributed by atoms with van der Waals surface area (Å²) in [5, 5.41) is 12.4. The molecule has 1 aromatic heterocycles. The first-order chi connectivity index (χ1) is 12.3. The molecule has 1 spiro atoms. The van der Waals surface area contributed by atoms with Crippen LogP contribution in [0, 0.1) is 6.92 Å². The Bertz CT molecular complexity index is 852. The number of nitrogens with one attached hydrogen (secondary N) is 1. The number of H-pyrrole nitrogens is 1. The van der Waals surface area contributed by atoms with E-state index >= 15 is 0 Å². The highest BCUT2D eigenvalue weighted by molar-refractivity contribution is 9.10. The third-order valence-electron chi connectivity index (χ3n) is 6.22. The summed E-state index contributed by atoms with van der Waals surface area (Å²) >= 11 is 3.53. The molecule has 140 valence electrons. The summed E-state index contributed by atoms with van der Waals surface area (Å²) in [5.41, 5.74) is 1.35. The number of nitrogens with zero attached hydrogens (tertiary/aromatic N) is 1. The first kappa shape index (κ1) is 17.9. The minimum atomic E-state index is -1.26. The highest BCUT2D eigenvalue weighted by atomic mass is 79.9. The first-order valence-corrected chi connectivity index (χ1v) is 10.1. The smallest absolute Gasteiger partial charge is 0.412 e. The van der Waals surface area contributed by atoms with Crippen LogP contribution in [0.1, 0.15) is 50.3 Å². The lowest BCUT2D eigenvalue weighted by molar-refractivity contribution is -0.158. The van der Waals surface area contributed by atoms with Crippen molar-refractivity contribution in [2.45, 2.75) is 63.7 Å². The normalized spacial score (nSPS) is 25.2. The highest BCUT2D eigenvalue weighted by Gasteiger charge is 2.61. The number of hydrogen-bond acceptors (Lipinski definition) is 3. The van der Waals surface area contributed by atoms with Gasteiger partial charge in [0.05, 0.1) is 0 Å². The second kappa shape index (κ2) is 6.27. The van der Waals surface area contributed by atoms with Crippen LogP contribution in [0.25, 0.3) is 10.9 Å². The third-order valence-corrected chi connectivity index (χ3v) is 6.71. The van der Waals surface area contributed by atoms with Gasteiger partial charge in [-0.15, -0.1) is 0 Å². The number of amides is 1. The van der Waals surface area contributed by atoms with Crippen molar-refractivity contribution in [2.24, 2.45) is 0 Å². The molecule has 1 amide bonds. The van der Waals surface area contributed by atoms with Crippen LogP contribution in [0.15, 0.2) is 22.7 Å². The number of hydrogen-bond donors (Lipinski definition) is 2. The van der Waals surface area contributed by atoms with Gasteiger partial charge in [-0.25, -0.2) is 4.79 Å². The Hall–Kier alpha value is -1.53. The van der Waals surface area contributed by atoms with Crippen LogP contribution in [0.2, 0.25) is 0 Å². The summed E-state index contributed by atoms with van der Waals surface area (Å²) in [5.74, 6) is 0. The van der Waals surface area contributed by atoms with Gasteiger partial charge < -0.3 is 14.8 Å². The molecule has 2 aromatic rings. The van der Waals surface area contributed by atoms with Crippen molar-refractivity contribution >= 4 is 32.9 Å². The van der Waals surface area contributed by atoms with E-state index in [0.29, 0.717) is 13.0 Å². The molecule has 5 nitrogen and oxygen atoms in total. The van der Waals surface area contributed by atoms with E-state index in [4.69, 9.17) is 4.74 Å². The minimum absolute atomic E-state index is 0.393. The van der Waals surface area contributed by atoms with Crippen molar-refractivity contribution in [1.82, 2.24) is 9.88 Å². The molecular weight excluding hydrogens is 396 g/mol. The number of halogens is 1. The average molecular weight is 421 g/mol. The van der Waals surface area contributed by atoms with Gasteiger partial charge in [0, 0.05) is 27.6 Å². The molecule has 1 atom stereocenters. The van der Waals surface area contributed by atoms with E-state index in [-0.39, 0.29) is 0 Å². The van der Waals surface area contributed by atoms with Gasteiger partial charge in [-0.2, -0.15) is 0 Å².